The van der Waals surface area contributed by atoms with Gasteiger partial charge in [-0.15, -0.1) is 0 Å². The maximum Gasteiger partial charge on any atom is 0.102 e. The summed E-state index contributed by atoms with van der Waals surface area (Å²) in [6, 6.07) is 1.24. The van der Waals surface area contributed by atoms with Crippen LogP contribution in [0.2, 0.25) is 0 Å². The second-order valence-corrected chi connectivity index (χ2v) is 5.46. The van der Waals surface area contributed by atoms with Crippen LogP contribution in [0.25, 0.3) is 0 Å². The van der Waals surface area contributed by atoms with E-state index in [9.17, 15) is 4.39 Å². The Hall–Kier alpha value is -0.110. The van der Waals surface area contributed by atoms with Crippen LogP contribution in [-0.4, -0.2) is 18.3 Å². The smallest absolute Gasteiger partial charge is 0.102 e. The summed E-state index contributed by atoms with van der Waals surface area (Å²) in [6.45, 7) is 0. The second kappa shape index (κ2) is 3.48. The molecule has 3 saturated carbocycles. The Labute approximate surface area is 85.5 Å². The third kappa shape index (κ3) is 1.69. The van der Waals surface area contributed by atoms with E-state index in [2.05, 4.69) is 5.32 Å². The van der Waals surface area contributed by atoms with Gasteiger partial charge in [0.25, 0.3) is 0 Å². The van der Waals surface area contributed by atoms with E-state index in [4.69, 9.17) is 0 Å². The van der Waals surface area contributed by atoms with Crippen LogP contribution in [0.3, 0.4) is 0 Å². The van der Waals surface area contributed by atoms with E-state index in [0.717, 1.165) is 37.1 Å². The number of nitrogens with one attached hydrogen (secondary N) is 1. The van der Waals surface area contributed by atoms with Crippen LogP contribution in [0.1, 0.15) is 44.9 Å². The lowest BCUT2D eigenvalue weighted by atomic mass is 9.76. The third-order valence-corrected chi connectivity index (χ3v) is 4.37. The van der Waals surface area contributed by atoms with Crippen LogP contribution in [0.15, 0.2) is 0 Å². The van der Waals surface area contributed by atoms with Gasteiger partial charge in [-0.05, 0) is 56.8 Å². The second-order valence-electron chi connectivity index (χ2n) is 5.46. The van der Waals surface area contributed by atoms with Gasteiger partial charge in [0, 0.05) is 12.1 Å². The van der Waals surface area contributed by atoms with Crippen LogP contribution in [-0.2, 0) is 0 Å². The minimum Gasteiger partial charge on any atom is -0.311 e. The van der Waals surface area contributed by atoms with Gasteiger partial charge in [0.15, 0.2) is 0 Å². The van der Waals surface area contributed by atoms with Gasteiger partial charge < -0.3 is 5.32 Å². The van der Waals surface area contributed by atoms with Crippen LogP contribution in [0, 0.1) is 11.8 Å². The van der Waals surface area contributed by atoms with E-state index in [1.165, 1.54) is 25.7 Å². The van der Waals surface area contributed by atoms with Crippen LogP contribution in [0.5, 0.6) is 0 Å². The van der Waals surface area contributed by atoms with Crippen molar-refractivity contribution in [2.45, 2.75) is 63.2 Å². The number of rotatable bonds is 3. The number of alkyl halides is 1. The molecule has 0 spiro atoms. The zero-order chi connectivity index (χ0) is 9.54. The highest BCUT2D eigenvalue weighted by Gasteiger charge is 2.43. The first kappa shape index (κ1) is 9.14. The molecular weight excluding hydrogens is 177 g/mol. The summed E-state index contributed by atoms with van der Waals surface area (Å²) < 4.78 is 13.0. The lowest BCUT2D eigenvalue weighted by molar-refractivity contribution is 0.166. The lowest BCUT2D eigenvalue weighted by Gasteiger charge is -2.39. The normalized spacial score (nSPS) is 47.8. The van der Waals surface area contributed by atoms with Gasteiger partial charge in [-0.1, -0.05) is 0 Å². The molecule has 4 atom stereocenters. The molecule has 0 bridgehead atoms. The molecule has 1 N–H and O–H groups in total. The summed E-state index contributed by atoms with van der Waals surface area (Å²) in [5.41, 5.74) is 0. The fraction of sp³-hybridized carbons (Fsp3) is 1.00. The van der Waals surface area contributed by atoms with E-state index in [1.54, 1.807) is 0 Å². The Morgan fingerprint density at radius 1 is 0.929 bits per heavy atom. The zero-order valence-electron chi connectivity index (χ0n) is 8.71. The largest absolute Gasteiger partial charge is 0.311 e. The molecule has 0 aromatic carbocycles. The van der Waals surface area contributed by atoms with E-state index >= 15 is 0 Å². The quantitative estimate of drug-likeness (QED) is 0.733. The minimum absolute atomic E-state index is 0.497. The fourth-order valence-corrected chi connectivity index (χ4v) is 3.20. The average molecular weight is 197 g/mol. The molecule has 80 valence electrons. The molecule has 3 aliphatic rings. The molecule has 3 aliphatic carbocycles. The highest BCUT2D eigenvalue weighted by atomic mass is 19.1. The monoisotopic (exact) mass is 197 g/mol. The van der Waals surface area contributed by atoms with Crippen LogP contribution < -0.4 is 5.32 Å². The molecule has 3 fully saturated rings. The molecule has 0 radical (unpaired) electrons. The van der Waals surface area contributed by atoms with Gasteiger partial charge in [-0.2, -0.15) is 0 Å². The maximum atomic E-state index is 13.0. The first-order valence-corrected chi connectivity index (χ1v) is 6.23. The first-order chi connectivity index (χ1) is 6.83. The van der Waals surface area contributed by atoms with Gasteiger partial charge in [-0.25, -0.2) is 4.39 Å². The zero-order valence-corrected chi connectivity index (χ0v) is 8.71. The summed E-state index contributed by atoms with van der Waals surface area (Å²) in [5, 5.41) is 3.68. The Kier molecular flexibility index (Phi) is 2.27. The molecule has 0 saturated heterocycles. The average Bonchev–Trinajstić information content (AvgIpc) is 2.84. The summed E-state index contributed by atoms with van der Waals surface area (Å²) in [4.78, 5) is 0. The number of halogens is 1. The molecule has 3 rings (SSSR count). The highest BCUT2D eigenvalue weighted by molar-refractivity contribution is 4.98. The first-order valence-electron chi connectivity index (χ1n) is 6.23. The van der Waals surface area contributed by atoms with E-state index in [0.29, 0.717) is 6.04 Å². The molecule has 1 nitrogen and oxygen atoms in total. The van der Waals surface area contributed by atoms with Crippen molar-refractivity contribution in [3.8, 4) is 0 Å². The van der Waals surface area contributed by atoms with Crippen molar-refractivity contribution in [1.29, 1.82) is 0 Å². The van der Waals surface area contributed by atoms with Gasteiger partial charge in [0.05, 0.1) is 0 Å². The van der Waals surface area contributed by atoms with E-state index in [-0.39, 0.29) is 0 Å². The van der Waals surface area contributed by atoms with Gasteiger partial charge >= 0.3 is 0 Å². The van der Waals surface area contributed by atoms with Gasteiger partial charge in [0.2, 0.25) is 0 Å². The maximum absolute atomic E-state index is 13.0. The van der Waals surface area contributed by atoms with E-state index in [1.807, 2.05) is 0 Å². The Morgan fingerprint density at radius 3 is 2.29 bits per heavy atom. The topological polar surface area (TPSA) is 12.0 Å². The Morgan fingerprint density at radius 2 is 1.79 bits per heavy atom. The van der Waals surface area contributed by atoms with Crippen molar-refractivity contribution in [3.05, 3.63) is 0 Å². The van der Waals surface area contributed by atoms with Crippen LogP contribution in [0.4, 0.5) is 4.39 Å². The molecule has 0 aliphatic heterocycles. The van der Waals surface area contributed by atoms with Crippen molar-refractivity contribution in [2.24, 2.45) is 11.8 Å². The van der Waals surface area contributed by atoms with Crippen molar-refractivity contribution in [3.63, 3.8) is 0 Å². The van der Waals surface area contributed by atoms with Gasteiger partial charge in [-0.3, -0.25) is 0 Å². The molecule has 2 heteroatoms. The molecule has 4 unspecified atom stereocenters. The van der Waals surface area contributed by atoms with Crippen molar-refractivity contribution < 1.29 is 4.39 Å². The fourth-order valence-electron chi connectivity index (χ4n) is 3.20. The van der Waals surface area contributed by atoms with Crippen LogP contribution >= 0.6 is 0 Å². The standard InChI is InChI=1S/C12H20FN/c13-9-3-4-10(7-9)14-12-6-5-11(12)8-1-2-8/h8-12,14H,1-7H2. The highest BCUT2D eigenvalue weighted by Crippen LogP contribution is 2.47. The number of hydrogen-bond acceptors (Lipinski definition) is 1. The van der Waals surface area contributed by atoms with Gasteiger partial charge in [0.1, 0.15) is 6.17 Å². The molecule has 0 heterocycles. The summed E-state index contributed by atoms with van der Waals surface area (Å²) >= 11 is 0. The summed E-state index contributed by atoms with van der Waals surface area (Å²) in [7, 11) is 0. The Bertz CT molecular complexity index is 214. The lowest BCUT2D eigenvalue weighted by Crippen LogP contribution is -2.48. The molecular formula is C12H20FN. The minimum atomic E-state index is -0.521. The molecule has 0 aromatic rings. The number of hydrogen-bond donors (Lipinski definition) is 1. The molecule has 0 aromatic heterocycles. The molecule has 14 heavy (non-hydrogen) atoms. The SMILES string of the molecule is FC1CCC(NC2CCC2C2CC2)C1. The van der Waals surface area contributed by atoms with Crippen molar-refractivity contribution in [2.75, 3.05) is 0 Å². The summed E-state index contributed by atoms with van der Waals surface area (Å²) in [5.74, 6) is 1.98. The van der Waals surface area contributed by atoms with Crippen molar-refractivity contribution >= 4 is 0 Å². The third-order valence-electron chi connectivity index (χ3n) is 4.37. The van der Waals surface area contributed by atoms with E-state index < -0.39 is 6.17 Å². The van der Waals surface area contributed by atoms with Crippen molar-refractivity contribution in [1.82, 2.24) is 5.32 Å². The predicted molar refractivity (Wildman–Crippen MR) is 54.9 cm³/mol. The molecule has 0 amide bonds. The Balaban J connectivity index is 1.47. The summed E-state index contributed by atoms with van der Waals surface area (Å²) in [6.07, 6.45) is 7.79. The predicted octanol–water partition coefficient (Wildman–Crippen LogP) is 2.66.